The second-order valence-corrected chi connectivity index (χ2v) is 8.21. The first-order chi connectivity index (χ1) is 15.4. The van der Waals surface area contributed by atoms with E-state index in [9.17, 15) is 9.59 Å². The second kappa shape index (κ2) is 7.53. The van der Waals surface area contributed by atoms with Crippen LogP contribution in [0.2, 0.25) is 0 Å². The fourth-order valence-corrected chi connectivity index (χ4v) is 4.70. The van der Waals surface area contributed by atoms with Gasteiger partial charge in [0.15, 0.2) is 0 Å². The van der Waals surface area contributed by atoms with Crippen LogP contribution in [-0.4, -0.2) is 27.4 Å². The topological polar surface area (TPSA) is 67.4 Å². The molecular weight excluding hydrogens is 406 g/mol. The molecule has 4 aromatic rings. The highest BCUT2D eigenvalue weighted by atomic mass is 16.5. The summed E-state index contributed by atoms with van der Waals surface area (Å²) < 4.78 is 16.4. The van der Waals surface area contributed by atoms with Gasteiger partial charge < -0.3 is 14.0 Å². The summed E-state index contributed by atoms with van der Waals surface area (Å²) in [6.07, 6.45) is -0.409. The van der Waals surface area contributed by atoms with Crippen molar-refractivity contribution in [3.63, 3.8) is 0 Å². The number of fused-ring (bicyclic) bond motifs is 3. The zero-order valence-electron chi connectivity index (χ0n) is 18.6. The van der Waals surface area contributed by atoms with E-state index >= 15 is 0 Å². The standard InChI is InChI=1S/C25H25N3O4/c1-15-6-5-7-17(14-15)20-19-21(26(2)25(30)27(3)24(19)29)22-23(32-13-12-28(20)22)16-8-10-18(31-4)11-9-16/h5-11,14,23H,12-13H2,1-4H3/t23-/m1/s1. The summed E-state index contributed by atoms with van der Waals surface area (Å²) in [7, 11) is 4.87. The fourth-order valence-electron chi connectivity index (χ4n) is 4.70. The van der Waals surface area contributed by atoms with Crippen LogP contribution < -0.4 is 16.0 Å². The maximum atomic E-state index is 13.4. The molecule has 0 bridgehead atoms. The molecule has 7 nitrogen and oxygen atoms in total. The van der Waals surface area contributed by atoms with Crippen LogP contribution in [0.4, 0.5) is 0 Å². The number of rotatable bonds is 3. The van der Waals surface area contributed by atoms with E-state index < -0.39 is 6.10 Å². The smallest absolute Gasteiger partial charge is 0.331 e. The van der Waals surface area contributed by atoms with Crippen molar-refractivity contribution in [2.75, 3.05) is 13.7 Å². The zero-order valence-corrected chi connectivity index (χ0v) is 18.6. The van der Waals surface area contributed by atoms with Crippen LogP contribution in [0.25, 0.3) is 22.2 Å². The van der Waals surface area contributed by atoms with Gasteiger partial charge in [0.05, 0.1) is 36.0 Å². The number of hydrogen-bond donors (Lipinski definition) is 0. The Kier molecular flexibility index (Phi) is 4.78. The molecule has 7 heteroatoms. The number of aryl methyl sites for hydroxylation is 2. The Morgan fingerprint density at radius 2 is 1.78 bits per heavy atom. The minimum Gasteiger partial charge on any atom is -0.497 e. The van der Waals surface area contributed by atoms with Gasteiger partial charge in [-0.15, -0.1) is 0 Å². The molecule has 2 aromatic carbocycles. The number of benzene rings is 2. The second-order valence-electron chi connectivity index (χ2n) is 8.21. The third-order valence-electron chi connectivity index (χ3n) is 6.26. The Morgan fingerprint density at radius 3 is 2.47 bits per heavy atom. The van der Waals surface area contributed by atoms with Crippen LogP contribution >= 0.6 is 0 Å². The van der Waals surface area contributed by atoms with Crippen LogP contribution in [0.1, 0.15) is 22.9 Å². The molecular formula is C25H25N3O4. The number of aromatic nitrogens is 3. The summed E-state index contributed by atoms with van der Waals surface area (Å²) in [5, 5.41) is 0.541. The van der Waals surface area contributed by atoms with E-state index in [0.29, 0.717) is 24.1 Å². The lowest BCUT2D eigenvalue weighted by Gasteiger charge is -2.28. The van der Waals surface area contributed by atoms with Gasteiger partial charge in [-0.25, -0.2) is 4.79 Å². The van der Waals surface area contributed by atoms with Gasteiger partial charge in [0.2, 0.25) is 0 Å². The molecule has 1 atom stereocenters. The van der Waals surface area contributed by atoms with Crippen LogP contribution in [0.15, 0.2) is 58.1 Å². The molecule has 0 N–H and O–H groups in total. The van der Waals surface area contributed by atoms with Gasteiger partial charge in [0.1, 0.15) is 11.9 Å². The van der Waals surface area contributed by atoms with E-state index in [4.69, 9.17) is 9.47 Å². The summed E-state index contributed by atoms with van der Waals surface area (Å²) in [5.74, 6) is 0.756. The molecule has 164 valence electrons. The predicted octanol–water partition coefficient (Wildman–Crippen LogP) is 3.14. The maximum absolute atomic E-state index is 13.4. The lowest BCUT2D eigenvalue weighted by Crippen LogP contribution is -2.37. The van der Waals surface area contributed by atoms with E-state index in [1.54, 1.807) is 18.7 Å². The highest BCUT2D eigenvalue weighted by molar-refractivity contribution is 5.96. The highest BCUT2D eigenvalue weighted by Gasteiger charge is 2.33. The molecule has 0 radical (unpaired) electrons. The Morgan fingerprint density at radius 1 is 1.03 bits per heavy atom. The quantitative estimate of drug-likeness (QED) is 0.500. The van der Waals surface area contributed by atoms with Crippen molar-refractivity contribution >= 4 is 10.9 Å². The van der Waals surface area contributed by atoms with Crippen molar-refractivity contribution in [2.45, 2.75) is 19.6 Å². The van der Waals surface area contributed by atoms with Crippen molar-refractivity contribution in [1.82, 2.24) is 13.7 Å². The molecule has 1 aliphatic rings. The third-order valence-corrected chi connectivity index (χ3v) is 6.26. The Bertz CT molecular complexity index is 1460. The number of methoxy groups -OCH3 is 1. The van der Waals surface area contributed by atoms with E-state index in [-0.39, 0.29) is 11.2 Å². The average Bonchev–Trinajstić information content (AvgIpc) is 3.17. The molecule has 3 heterocycles. The number of nitrogens with zero attached hydrogens (tertiary/aromatic N) is 3. The zero-order chi connectivity index (χ0) is 22.6. The van der Waals surface area contributed by atoms with Crippen LogP contribution in [0.5, 0.6) is 5.75 Å². The van der Waals surface area contributed by atoms with E-state index in [1.807, 2.05) is 49.4 Å². The van der Waals surface area contributed by atoms with Gasteiger partial charge in [0.25, 0.3) is 5.56 Å². The molecule has 0 saturated heterocycles. The van der Waals surface area contributed by atoms with E-state index in [2.05, 4.69) is 10.6 Å². The molecule has 0 unspecified atom stereocenters. The minimum absolute atomic E-state index is 0.296. The van der Waals surface area contributed by atoms with Crippen molar-refractivity contribution in [3.05, 3.63) is 86.2 Å². The molecule has 32 heavy (non-hydrogen) atoms. The predicted molar refractivity (Wildman–Crippen MR) is 123 cm³/mol. The lowest BCUT2D eigenvalue weighted by molar-refractivity contribution is 0.0478. The Hall–Kier alpha value is -3.58. The summed E-state index contributed by atoms with van der Waals surface area (Å²) in [5.41, 5.74) is 4.62. The fraction of sp³-hybridized carbons (Fsp3) is 0.280. The van der Waals surface area contributed by atoms with Gasteiger partial charge >= 0.3 is 5.69 Å². The van der Waals surface area contributed by atoms with Gasteiger partial charge in [-0.1, -0.05) is 35.9 Å². The maximum Gasteiger partial charge on any atom is 0.331 e. The first kappa shape index (κ1) is 20.3. The molecule has 0 aliphatic carbocycles. The number of hydrogen-bond acceptors (Lipinski definition) is 4. The van der Waals surface area contributed by atoms with Crippen molar-refractivity contribution in [2.24, 2.45) is 14.1 Å². The summed E-state index contributed by atoms with van der Waals surface area (Å²) >= 11 is 0. The minimum atomic E-state index is -0.409. The highest BCUT2D eigenvalue weighted by Crippen LogP contribution is 2.40. The first-order valence-electron chi connectivity index (χ1n) is 10.6. The molecule has 1 aliphatic heterocycles. The monoisotopic (exact) mass is 431 g/mol. The van der Waals surface area contributed by atoms with Gasteiger partial charge in [-0.2, -0.15) is 0 Å². The van der Waals surface area contributed by atoms with E-state index in [0.717, 1.165) is 33.8 Å². The van der Waals surface area contributed by atoms with Crippen LogP contribution in [0, 0.1) is 6.92 Å². The average molecular weight is 431 g/mol. The van der Waals surface area contributed by atoms with E-state index in [1.165, 1.54) is 11.6 Å². The molecule has 5 rings (SSSR count). The molecule has 0 spiro atoms. The van der Waals surface area contributed by atoms with Crippen molar-refractivity contribution < 1.29 is 9.47 Å². The Balaban J connectivity index is 1.90. The van der Waals surface area contributed by atoms with Crippen molar-refractivity contribution in [3.8, 4) is 17.0 Å². The Labute approximate surface area is 185 Å². The van der Waals surface area contributed by atoms with Gasteiger partial charge in [0, 0.05) is 20.6 Å². The first-order valence-corrected chi connectivity index (χ1v) is 10.6. The van der Waals surface area contributed by atoms with Gasteiger partial charge in [-0.3, -0.25) is 13.9 Å². The molecule has 0 saturated carbocycles. The largest absolute Gasteiger partial charge is 0.497 e. The molecule has 0 amide bonds. The normalized spacial score (nSPS) is 15.7. The summed E-state index contributed by atoms with van der Waals surface area (Å²) in [4.78, 5) is 26.3. The SMILES string of the molecule is COc1ccc([C@H]2OCCn3c(-c4cccc(C)c4)c4c(=O)n(C)c(=O)n(C)c4c32)cc1. The third kappa shape index (κ3) is 2.92. The summed E-state index contributed by atoms with van der Waals surface area (Å²) in [6, 6.07) is 15.8. The van der Waals surface area contributed by atoms with Crippen molar-refractivity contribution in [1.29, 1.82) is 0 Å². The molecule has 0 fully saturated rings. The molecule has 2 aromatic heterocycles. The number of ether oxygens (including phenoxy) is 2. The van der Waals surface area contributed by atoms with Crippen LogP contribution in [0.3, 0.4) is 0 Å². The van der Waals surface area contributed by atoms with Crippen LogP contribution in [-0.2, 0) is 25.4 Å². The lowest BCUT2D eigenvalue weighted by atomic mass is 10.0. The van der Waals surface area contributed by atoms with Gasteiger partial charge in [-0.05, 0) is 36.2 Å². The summed E-state index contributed by atoms with van der Waals surface area (Å²) in [6.45, 7) is 3.12.